The molecule has 0 aliphatic rings. The number of likely N-dealkylation sites (N-methyl/N-ethyl adjacent to an activating group) is 2. The van der Waals surface area contributed by atoms with Crippen LogP contribution in [0.15, 0.2) is 42.0 Å². The molecule has 3 atom stereocenters. The van der Waals surface area contributed by atoms with E-state index in [1.54, 1.807) is 20.2 Å². The van der Waals surface area contributed by atoms with Crippen molar-refractivity contribution in [3.05, 3.63) is 47.5 Å². The summed E-state index contributed by atoms with van der Waals surface area (Å²) in [5.74, 6) is -1.70. The molecule has 0 aromatic heterocycles. The molecule has 0 fully saturated rings. The van der Waals surface area contributed by atoms with Crippen LogP contribution in [0.4, 0.5) is 0 Å². The van der Waals surface area contributed by atoms with Crippen molar-refractivity contribution < 1.29 is 22.8 Å². The van der Waals surface area contributed by atoms with Crippen molar-refractivity contribution in [2.75, 3.05) is 25.6 Å². The maximum absolute atomic E-state index is 13.9. The maximum Gasteiger partial charge on any atom is 0.260 e. The fourth-order valence-corrected chi connectivity index (χ4v) is 6.06. The summed E-state index contributed by atoms with van der Waals surface area (Å²) >= 11 is 3.92. The largest absolute Gasteiger partial charge is 0.342 e. The van der Waals surface area contributed by atoms with Gasteiger partial charge in [-0.3, -0.25) is 14.4 Å². The fraction of sp³-hybridized carbons (Fsp3) is 0.621. The van der Waals surface area contributed by atoms with Gasteiger partial charge in [0, 0.05) is 23.8 Å². The highest BCUT2D eigenvalue weighted by Gasteiger charge is 2.41. The first-order valence-electron chi connectivity index (χ1n) is 13.4. The van der Waals surface area contributed by atoms with E-state index < -0.39 is 44.9 Å². The first-order chi connectivity index (χ1) is 18.3. The van der Waals surface area contributed by atoms with Gasteiger partial charge in [-0.1, -0.05) is 84.9 Å². The second-order valence-electron chi connectivity index (χ2n) is 12.1. The molecule has 1 aromatic rings. The van der Waals surface area contributed by atoms with Crippen LogP contribution in [-0.2, 0) is 29.8 Å². The van der Waals surface area contributed by atoms with E-state index in [1.807, 2.05) is 83.5 Å². The predicted molar refractivity (Wildman–Crippen MR) is 165 cm³/mol. The van der Waals surface area contributed by atoms with Crippen LogP contribution in [0.25, 0.3) is 0 Å². The quantitative estimate of drug-likeness (QED) is 0.205. The zero-order valence-corrected chi connectivity index (χ0v) is 27.2. The van der Waals surface area contributed by atoms with Crippen LogP contribution in [-0.4, -0.2) is 74.8 Å². The summed E-state index contributed by atoms with van der Waals surface area (Å²) in [5, 5.41) is 6.13. The molecule has 0 spiro atoms. The summed E-state index contributed by atoms with van der Waals surface area (Å²) in [7, 11) is -0.462. The number of hydrogen-bond donors (Lipinski definition) is 4. The number of rotatable bonds is 13. The van der Waals surface area contributed by atoms with Gasteiger partial charge < -0.3 is 15.5 Å². The molecule has 0 heterocycles. The molecule has 3 N–H and O–H groups in total. The molecule has 0 unspecified atom stereocenters. The van der Waals surface area contributed by atoms with Gasteiger partial charge in [0.15, 0.2) is 0 Å². The van der Waals surface area contributed by atoms with E-state index in [0.29, 0.717) is 0 Å². The van der Waals surface area contributed by atoms with Gasteiger partial charge in [-0.2, -0.15) is 12.6 Å². The minimum Gasteiger partial charge on any atom is -0.342 e. The number of amides is 3. The number of carbonyl (C=O) groups excluding carboxylic acids is 3. The number of nitrogens with one attached hydrogen (secondary N) is 3. The van der Waals surface area contributed by atoms with Gasteiger partial charge in [-0.05, 0) is 30.9 Å². The second-order valence-corrected chi connectivity index (χ2v) is 14.4. The van der Waals surface area contributed by atoms with E-state index in [0.717, 1.165) is 5.56 Å². The Hall–Kier alpha value is -2.37. The zero-order valence-electron chi connectivity index (χ0n) is 25.5. The summed E-state index contributed by atoms with van der Waals surface area (Å²) < 4.78 is 26.1. The predicted octanol–water partition coefficient (Wildman–Crippen LogP) is 2.89. The highest BCUT2D eigenvalue weighted by molar-refractivity contribution is 7.91. The summed E-state index contributed by atoms with van der Waals surface area (Å²) in [6.07, 6.45) is 1.59. The van der Waals surface area contributed by atoms with E-state index in [4.69, 9.17) is 0 Å². The minimum absolute atomic E-state index is 0.0775. The van der Waals surface area contributed by atoms with Gasteiger partial charge in [0.05, 0.1) is 17.8 Å². The molecule has 1 rings (SSSR count). The molecule has 1 aromatic carbocycles. The molecule has 3 amide bonds. The average molecular weight is 597 g/mol. The van der Waals surface area contributed by atoms with E-state index in [2.05, 4.69) is 23.3 Å². The second kappa shape index (κ2) is 14.5. The summed E-state index contributed by atoms with van der Waals surface area (Å²) in [4.78, 5) is 41.7. The minimum atomic E-state index is -3.81. The van der Waals surface area contributed by atoms with Crippen LogP contribution in [0.3, 0.4) is 0 Å². The first-order valence-corrected chi connectivity index (χ1v) is 15.7. The number of thiol groups is 1. The Bertz CT molecular complexity index is 1160. The molecule has 0 aliphatic heterocycles. The topological polar surface area (TPSA) is 125 Å². The van der Waals surface area contributed by atoms with E-state index >= 15 is 0 Å². The SMILES string of the molecule is CN[C@H](C(=O)N[C@H](C(=O)N(C)[C@H](C=C(C)C(=O)NS(=O)(=O)CCS)C(C)C)C(C)(C)C)C(C)(C)c1ccccc1. The number of hydrogen-bond acceptors (Lipinski definition) is 7. The lowest BCUT2D eigenvalue weighted by Gasteiger charge is -2.40. The molecule has 11 heteroatoms. The molecule has 0 saturated carbocycles. The van der Waals surface area contributed by atoms with Crippen LogP contribution in [0, 0.1) is 11.3 Å². The molecule has 226 valence electrons. The summed E-state index contributed by atoms with van der Waals surface area (Å²) in [6.45, 7) is 14.9. The van der Waals surface area contributed by atoms with Gasteiger partial charge >= 0.3 is 0 Å². The number of nitrogens with zero attached hydrogens (tertiary/aromatic N) is 1. The standard InChI is InChI=1S/C29H48N4O5S2/c1-19(2)22(18-20(3)25(34)32-40(37,38)17-16-39)33(10)27(36)24(28(4,5)6)31-26(35)23(30-9)29(7,8)21-14-12-11-13-15-21/h11-15,18-19,22-24,30,39H,16-17H2,1-10H3,(H,31,35)(H,32,34)/t22-,23-,24-/m1/s1. The Balaban J connectivity index is 3.30. The van der Waals surface area contributed by atoms with Crippen molar-refractivity contribution in [1.82, 2.24) is 20.3 Å². The van der Waals surface area contributed by atoms with Gasteiger partial charge in [-0.25, -0.2) is 13.1 Å². The smallest absolute Gasteiger partial charge is 0.260 e. The van der Waals surface area contributed by atoms with Crippen LogP contribution in [0.5, 0.6) is 0 Å². The van der Waals surface area contributed by atoms with Gasteiger partial charge in [-0.15, -0.1) is 0 Å². The lowest BCUT2D eigenvalue weighted by Crippen LogP contribution is -2.61. The van der Waals surface area contributed by atoms with E-state index in [-0.39, 0.29) is 34.8 Å². The van der Waals surface area contributed by atoms with Crippen LogP contribution in [0.2, 0.25) is 0 Å². The molecule has 9 nitrogen and oxygen atoms in total. The Labute approximate surface area is 246 Å². The summed E-state index contributed by atoms with van der Waals surface area (Å²) in [6, 6.07) is 7.69. The van der Waals surface area contributed by atoms with Gasteiger partial charge in [0.2, 0.25) is 21.8 Å². The fourth-order valence-electron chi connectivity index (χ4n) is 4.56. The van der Waals surface area contributed by atoms with Crippen molar-refractivity contribution in [2.45, 2.75) is 78.9 Å². The Kier molecular flexibility index (Phi) is 12.9. The third-order valence-corrected chi connectivity index (χ3v) is 8.82. The van der Waals surface area contributed by atoms with Crippen LogP contribution in [0.1, 0.15) is 61.0 Å². The first kappa shape index (κ1) is 35.7. The molecule has 40 heavy (non-hydrogen) atoms. The van der Waals surface area contributed by atoms with Gasteiger partial charge in [0.25, 0.3) is 5.91 Å². The molecular formula is C29H48N4O5S2. The Morgan fingerprint density at radius 1 is 1.02 bits per heavy atom. The molecular weight excluding hydrogens is 548 g/mol. The van der Waals surface area contributed by atoms with Crippen LogP contribution < -0.4 is 15.4 Å². The highest BCUT2D eigenvalue weighted by Crippen LogP contribution is 2.29. The molecule has 0 aliphatic carbocycles. The lowest BCUT2D eigenvalue weighted by atomic mass is 9.76. The van der Waals surface area contributed by atoms with Crippen molar-refractivity contribution in [2.24, 2.45) is 11.3 Å². The van der Waals surface area contributed by atoms with Gasteiger partial charge in [0.1, 0.15) is 6.04 Å². The molecule has 0 saturated heterocycles. The number of benzene rings is 1. The molecule has 0 radical (unpaired) electrons. The Morgan fingerprint density at radius 2 is 1.57 bits per heavy atom. The Morgan fingerprint density at radius 3 is 2.02 bits per heavy atom. The zero-order chi connectivity index (χ0) is 31.1. The number of carbonyl (C=O) groups is 3. The van der Waals surface area contributed by atoms with E-state index in [9.17, 15) is 22.8 Å². The van der Waals surface area contributed by atoms with Crippen molar-refractivity contribution in [3.8, 4) is 0 Å². The molecule has 0 bridgehead atoms. The maximum atomic E-state index is 13.9. The average Bonchev–Trinajstić information content (AvgIpc) is 2.84. The van der Waals surface area contributed by atoms with Crippen LogP contribution >= 0.6 is 12.6 Å². The van der Waals surface area contributed by atoms with Crippen molar-refractivity contribution in [1.29, 1.82) is 0 Å². The highest BCUT2D eigenvalue weighted by atomic mass is 32.2. The van der Waals surface area contributed by atoms with E-state index in [1.165, 1.54) is 11.8 Å². The summed E-state index contributed by atoms with van der Waals surface area (Å²) in [5.41, 5.74) is -0.0551. The third-order valence-electron chi connectivity index (χ3n) is 7.05. The third kappa shape index (κ3) is 9.62. The monoisotopic (exact) mass is 596 g/mol. The van der Waals surface area contributed by atoms with Crippen molar-refractivity contribution in [3.63, 3.8) is 0 Å². The van der Waals surface area contributed by atoms with Crippen molar-refractivity contribution >= 4 is 40.4 Å². The lowest BCUT2D eigenvalue weighted by molar-refractivity contribution is -0.140. The number of sulfonamides is 1. The normalized spacial score (nSPS) is 15.2.